The van der Waals surface area contributed by atoms with Crippen LogP contribution in [0.5, 0.6) is 0 Å². The molecule has 1 nitrogen and oxygen atoms in total. The number of halogens is 1. The summed E-state index contributed by atoms with van der Waals surface area (Å²) < 4.78 is 4.03. The van der Waals surface area contributed by atoms with Crippen LogP contribution in [0.2, 0.25) is 0 Å². The largest absolute Gasteiger partial charge is 0.212 e. The van der Waals surface area contributed by atoms with Gasteiger partial charge in [0.2, 0.25) is 5.52 Å². The van der Waals surface area contributed by atoms with Crippen LogP contribution in [0.15, 0.2) is 42.6 Å². The third-order valence-electron chi connectivity index (χ3n) is 6.65. The van der Waals surface area contributed by atoms with Crippen molar-refractivity contribution in [2.75, 3.05) is 4.43 Å². The van der Waals surface area contributed by atoms with E-state index in [4.69, 9.17) is 0 Å². The number of para-hydroxylation sites is 1. The first-order valence-corrected chi connectivity index (χ1v) is 10.2. The summed E-state index contributed by atoms with van der Waals surface area (Å²) in [5.41, 5.74) is 2.47. The molecule has 1 aromatic carbocycles. The standard InChI is InChI=1S/C20H23IN/c21-14-19-9-15-8-16(10-19)12-20(11-15,13-19)22-7-3-5-17-4-1-2-6-18(17)22/h1-7,15-16H,8-14H2/q+1/t15-,16-,19?,20?/m1/s1. The van der Waals surface area contributed by atoms with Crippen molar-refractivity contribution in [2.24, 2.45) is 17.3 Å². The Bertz CT molecular complexity index is 718. The Morgan fingerprint density at radius 1 is 1.00 bits per heavy atom. The normalized spacial score (nSPS) is 39.5. The van der Waals surface area contributed by atoms with Crippen LogP contribution in [0.1, 0.15) is 38.5 Å². The maximum atomic E-state index is 2.68. The van der Waals surface area contributed by atoms with Crippen molar-refractivity contribution >= 4 is 33.5 Å². The van der Waals surface area contributed by atoms with E-state index in [1.165, 1.54) is 53.9 Å². The number of hydrogen-bond donors (Lipinski definition) is 0. The summed E-state index contributed by atoms with van der Waals surface area (Å²) >= 11 is 2.67. The Morgan fingerprint density at radius 3 is 2.50 bits per heavy atom. The van der Waals surface area contributed by atoms with Gasteiger partial charge in [0.15, 0.2) is 11.7 Å². The molecule has 4 aliphatic rings. The summed E-state index contributed by atoms with van der Waals surface area (Å²) in [7, 11) is 0. The van der Waals surface area contributed by atoms with Crippen LogP contribution in [-0.2, 0) is 5.54 Å². The second-order valence-corrected chi connectivity index (χ2v) is 9.02. The summed E-state index contributed by atoms with van der Waals surface area (Å²) in [5.74, 6) is 1.95. The predicted octanol–water partition coefficient (Wildman–Crippen LogP) is 4.86. The number of hydrogen-bond acceptors (Lipinski definition) is 0. The van der Waals surface area contributed by atoms with E-state index in [0.717, 1.165) is 11.8 Å². The van der Waals surface area contributed by atoms with Gasteiger partial charge in [-0.15, -0.1) is 0 Å². The topological polar surface area (TPSA) is 3.88 Å². The van der Waals surface area contributed by atoms with Crippen molar-refractivity contribution in [3.05, 3.63) is 42.6 Å². The zero-order valence-electron chi connectivity index (χ0n) is 13.0. The van der Waals surface area contributed by atoms with Gasteiger partial charge in [-0.2, -0.15) is 4.57 Å². The maximum Gasteiger partial charge on any atom is 0.212 e. The van der Waals surface area contributed by atoms with Gasteiger partial charge in [0.25, 0.3) is 0 Å². The fraction of sp³-hybridized carbons (Fsp3) is 0.550. The van der Waals surface area contributed by atoms with E-state index in [1.54, 1.807) is 0 Å². The molecule has 1 heterocycles. The van der Waals surface area contributed by atoms with Crippen LogP contribution in [0, 0.1) is 17.3 Å². The Balaban J connectivity index is 1.70. The van der Waals surface area contributed by atoms with Crippen molar-refractivity contribution in [1.29, 1.82) is 0 Å². The predicted molar refractivity (Wildman–Crippen MR) is 98.1 cm³/mol. The van der Waals surface area contributed by atoms with Gasteiger partial charge in [-0.3, -0.25) is 0 Å². The average Bonchev–Trinajstić information content (AvgIpc) is 2.53. The SMILES string of the molecule is ICC12C[C@H]3C[C@H](C1)CC([n+]1cccc4ccccc41)(C3)C2. The van der Waals surface area contributed by atoms with Gasteiger partial charge in [-0.1, -0.05) is 34.7 Å². The van der Waals surface area contributed by atoms with Crippen LogP contribution >= 0.6 is 22.6 Å². The van der Waals surface area contributed by atoms with Crippen molar-refractivity contribution < 1.29 is 4.57 Å². The van der Waals surface area contributed by atoms with E-state index in [0.29, 0.717) is 11.0 Å². The van der Waals surface area contributed by atoms with E-state index < -0.39 is 0 Å². The third-order valence-corrected chi connectivity index (χ3v) is 8.27. The minimum absolute atomic E-state index is 0.399. The summed E-state index contributed by atoms with van der Waals surface area (Å²) in [4.78, 5) is 0. The molecule has 4 bridgehead atoms. The molecule has 4 saturated carbocycles. The van der Waals surface area contributed by atoms with Crippen LogP contribution in [0.4, 0.5) is 0 Å². The second-order valence-electron chi connectivity index (χ2n) is 8.26. The Kier molecular flexibility index (Phi) is 2.93. The molecule has 0 N–H and O–H groups in total. The number of nitrogens with zero attached hydrogens (tertiary/aromatic N) is 1. The van der Waals surface area contributed by atoms with Crippen molar-refractivity contribution in [3.8, 4) is 0 Å². The molecule has 0 saturated heterocycles. The van der Waals surface area contributed by atoms with Crippen LogP contribution in [0.25, 0.3) is 10.9 Å². The minimum atomic E-state index is 0.399. The monoisotopic (exact) mass is 404 g/mol. The molecule has 2 heteroatoms. The number of aromatic nitrogens is 1. The van der Waals surface area contributed by atoms with Crippen molar-refractivity contribution in [1.82, 2.24) is 0 Å². The molecule has 0 unspecified atom stereocenters. The highest BCUT2D eigenvalue weighted by Gasteiger charge is 2.62. The number of fused-ring (bicyclic) bond motifs is 1. The van der Waals surface area contributed by atoms with Gasteiger partial charge in [-0.05, 0) is 48.6 Å². The first-order chi connectivity index (χ1) is 10.7. The molecule has 4 aliphatic carbocycles. The average molecular weight is 404 g/mol. The van der Waals surface area contributed by atoms with Gasteiger partial charge >= 0.3 is 0 Å². The molecule has 1 aromatic heterocycles. The lowest BCUT2D eigenvalue weighted by Gasteiger charge is -2.58. The van der Waals surface area contributed by atoms with Gasteiger partial charge in [0.05, 0.1) is 0 Å². The Morgan fingerprint density at radius 2 is 1.73 bits per heavy atom. The van der Waals surface area contributed by atoms with Crippen molar-refractivity contribution in [2.45, 2.75) is 44.1 Å². The van der Waals surface area contributed by atoms with Gasteiger partial charge in [0.1, 0.15) is 0 Å². The number of rotatable bonds is 2. The first-order valence-electron chi connectivity index (χ1n) is 8.68. The van der Waals surface area contributed by atoms with Crippen LogP contribution in [0.3, 0.4) is 0 Å². The highest BCUT2D eigenvalue weighted by Crippen LogP contribution is 2.63. The van der Waals surface area contributed by atoms with Crippen molar-refractivity contribution in [3.63, 3.8) is 0 Å². The number of benzene rings is 1. The summed E-state index contributed by atoms with van der Waals surface area (Å²) in [5, 5.41) is 1.39. The molecule has 2 atom stereocenters. The van der Waals surface area contributed by atoms with Crippen LogP contribution in [-0.4, -0.2) is 4.43 Å². The van der Waals surface area contributed by atoms with E-state index in [2.05, 4.69) is 69.8 Å². The van der Waals surface area contributed by atoms with Gasteiger partial charge < -0.3 is 0 Å². The van der Waals surface area contributed by atoms with E-state index >= 15 is 0 Å². The molecule has 114 valence electrons. The molecular weight excluding hydrogens is 381 g/mol. The lowest BCUT2D eigenvalue weighted by atomic mass is 9.47. The van der Waals surface area contributed by atoms with Crippen LogP contribution < -0.4 is 4.57 Å². The zero-order chi connectivity index (χ0) is 14.8. The summed E-state index contributed by atoms with van der Waals surface area (Å²) in [6, 6.07) is 13.5. The number of pyridine rings is 1. The molecule has 0 aliphatic heterocycles. The number of alkyl halides is 1. The molecule has 0 amide bonds. The molecular formula is C20H23IN+. The Labute approximate surface area is 146 Å². The van der Waals surface area contributed by atoms with E-state index in [-0.39, 0.29) is 0 Å². The summed E-state index contributed by atoms with van der Waals surface area (Å²) in [6.07, 6.45) is 11.1. The molecule has 22 heavy (non-hydrogen) atoms. The molecule has 0 spiro atoms. The lowest BCUT2D eigenvalue weighted by molar-refractivity contribution is -0.756. The maximum absolute atomic E-state index is 2.68. The Hall–Kier alpha value is -0.640. The smallest absolute Gasteiger partial charge is 0.193 e. The highest BCUT2D eigenvalue weighted by atomic mass is 127. The fourth-order valence-electron chi connectivity index (χ4n) is 6.41. The zero-order valence-corrected chi connectivity index (χ0v) is 15.1. The minimum Gasteiger partial charge on any atom is -0.193 e. The second kappa shape index (κ2) is 4.68. The fourth-order valence-corrected chi connectivity index (χ4v) is 7.31. The molecule has 4 fully saturated rings. The first kappa shape index (κ1) is 13.8. The van der Waals surface area contributed by atoms with Gasteiger partial charge in [-0.25, -0.2) is 0 Å². The van der Waals surface area contributed by atoms with E-state index in [9.17, 15) is 0 Å². The molecule has 6 rings (SSSR count). The third kappa shape index (κ3) is 1.85. The summed E-state index contributed by atoms with van der Waals surface area (Å²) in [6.45, 7) is 0. The van der Waals surface area contributed by atoms with Gasteiger partial charge in [0, 0.05) is 41.2 Å². The molecule has 2 aromatic rings. The van der Waals surface area contributed by atoms with E-state index in [1.807, 2.05) is 0 Å². The highest BCUT2D eigenvalue weighted by molar-refractivity contribution is 14.1. The quantitative estimate of drug-likeness (QED) is 0.383. The lowest BCUT2D eigenvalue weighted by Crippen LogP contribution is -2.67. The molecule has 0 radical (unpaired) electrons.